The van der Waals surface area contributed by atoms with E-state index in [2.05, 4.69) is 15.9 Å². The van der Waals surface area contributed by atoms with Gasteiger partial charge >= 0.3 is 5.97 Å². The molecule has 3 rings (SSSR count). The standard InChI is InChI=1S/C15H16BrNO3S/c1-8-10(3-2-4-11(8)16)13(18)17-12(15(19)20)7-21-14(17)9-5-6-9/h2-4,9,12,14H,5-7H2,1H3,(H,19,20). The normalized spacial score (nSPS) is 25.1. The first-order chi connectivity index (χ1) is 10.0. The summed E-state index contributed by atoms with van der Waals surface area (Å²) in [6, 6.07) is 4.76. The van der Waals surface area contributed by atoms with Crippen molar-refractivity contribution in [3.63, 3.8) is 0 Å². The first kappa shape index (κ1) is 14.9. The van der Waals surface area contributed by atoms with E-state index in [1.54, 1.807) is 22.7 Å². The summed E-state index contributed by atoms with van der Waals surface area (Å²) >= 11 is 5.03. The minimum absolute atomic E-state index is 0.0111. The van der Waals surface area contributed by atoms with Crippen molar-refractivity contribution >= 4 is 39.6 Å². The summed E-state index contributed by atoms with van der Waals surface area (Å²) < 4.78 is 0.870. The molecule has 0 radical (unpaired) electrons. The Morgan fingerprint density at radius 3 is 2.71 bits per heavy atom. The van der Waals surface area contributed by atoms with E-state index in [9.17, 15) is 14.7 Å². The molecule has 2 aliphatic rings. The Kier molecular flexibility index (Phi) is 4.01. The predicted octanol–water partition coefficient (Wildman–Crippen LogP) is 3.14. The molecule has 1 amide bonds. The summed E-state index contributed by atoms with van der Waals surface area (Å²) in [7, 11) is 0. The average Bonchev–Trinajstić information content (AvgIpc) is 3.19. The second-order valence-corrected chi connectivity index (χ2v) is 7.54. The van der Waals surface area contributed by atoms with Crippen molar-refractivity contribution in [3.8, 4) is 0 Å². The molecular weight excluding hydrogens is 354 g/mol. The van der Waals surface area contributed by atoms with Gasteiger partial charge in [0.1, 0.15) is 6.04 Å². The van der Waals surface area contributed by atoms with E-state index in [1.807, 2.05) is 19.1 Å². The van der Waals surface area contributed by atoms with E-state index >= 15 is 0 Å². The average molecular weight is 370 g/mol. The van der Waals surface area contributed by atoms with Crippen LogP contribution in [0.1, 0.15) is 28.8 Å². The first-order valence-electron chi connectivity index (χ1n) is 6.93. The number of rotatable bonds is 3. The molecule has 1 aromatic rings. The van der Waals surface area contributed by atoms with Gasteiger partial charge in [0.2, 0.25) is 0 Å². The number of hydrogen-bond donors (Lipinski definition) is 1. The Hall–Kier alpha value is -1.01. The Bertz CT molecular complexity index is 603. The molecule has 1 aliphatic carbocycles. The van der Waals surface area contributed by atoms with Crippen molar-refractivity contribution in [2.45, 2.75) is 31.2 Å². The van der Waals surface area contributed by atoms with Crippen molar-refractivity contribution < 1.29 is 14.7 Å². The summed E-state index contributed by atoms with van der Waals surface area (Å²) in [4.78, 5) is 26.0. The van der Waals surface area contributed by atoms with Gasteiger partial charge in [-0.2, -0.15) is 0 Å². The Morgan fingerprint density at radius 1 is 1.38 bits per heavy atom. The van der Waals surface area contributed by atoms with Crippen LogP contribution in [0.15, 0.2) is 22.7 Å². The lowest BCUT2D eigenvalue weighted by molar-refractivity contribution is -0.141. The van der Waals surface area contributed by atoms with E-state index in [4.69, 9.17) is 0 Å². The highest BCUT2D eigenvalue weighted by Gasteiger charge is 2.48. The molecule has 6 heteroatoms. The van der Waals surface area contributed by atoms with Crippen LogP contribution >= 0.6 is 27.7 Å². The fourth-order valence-corrected chi connectivity index (χ4v) is 4.69. The number of amides is 1. The van der Waals surface area contributed by atoms with Crippen LogP contribution in [0.4, 0.5) is 0 Å². The van der Waals surface area contributed by atoms with Gasteiger partial charge in [0.15, 0.2) is 0 Å². The van der Waals surface area contributed by atoms with E-state index in [1.165, 1.54) is 0 Å². The smallest absolute Gasteiger partial charge is 0.327 e. The van der Waals surface area contributed by atoms with Crippen LogP contribution in [0.5, 0.6) is 0 Å². The zero-order valence-electron chi connectivity index (χ0n) is 11.6. The number of hydrogen-bond acceptors (Lipinski definition) is 3. The molecule has 1 saturated heterocycles. The van der Waals surface area contributed by atoms with Crippen LogP contribution in [-0.4, -0.2) is 39.1 Å². The number of carbonyl (C=O) groups excluding carboxylic acids is 1. The Labute approximate surface area is 136 Å². The Morgan fingerprint density at radius 2 is 2.10 bits per heavy atom. The molecular formula is C15H16BrNO3S. The van der Waals surface area contributed by atoms with Crippen molar-refractivity contribution in [1.82, 2.24) is 4.90 Å². The highest BCUT2D eigenvalue weighted by atomic mass is 79.9. The molecule has 21 heavy (non-hydrogen) atoms. The lowest BCUT2D eigenvalue weighted by atomic mass is 10.1. The Balaban J connectivity index is 1.96. The van der Waals surface area contributed by atoms with E-state index < -0.39 is 12.0 Å². The van der Waals surface area contributed by atoms with Crippen LogP contribution in [0, 0.1) is 12.8 Å². The van der Waals surface area contributed by atoms with Gasteiger partial charge in [0, 0.05) is 15.8 Å². The highest BCUT2D eigenvalue weighted by molar-refractivity contribution is 9.10. The summed E-state index contributed by atoms with van der Waals surface area (Å²) in [5.74, 6) is -0.138. The van der Waals surface area contributed by atoms with Crippen molar-refractivity contribution in [2.24, 2.45) is 5.92 Å². The second-order valence-electron chi connectivity index (χ2n) is 5.54. The highest BCUT2D eigenvalue weighted by Crippen LogP contribution is 2.46. The van der Waals surface area contributed by atoms with Crippen molar-refractivity contribution in [1.29, 1.82) is 0 Å². The fourth-order valence-electron chi connectivity index (χ4n) is 2.70. The zero-order chi connectivity index (χ0) is 15.1. The van der Waals surface area contributed by atoms with Gasteiger partial charge in [-0.3, -0.25) is 4.79 Å². The van der Waals surface area contributed by atoms with Gasteiger partial charge < -0.3 is 10.0 Å². The van der Waals surface area contributed by atoms with Crippen LogP contribution in [0.2, 0.25) is 0 Å². The third kappa shape index (κ3) is 2.71. The van der Waals surface area contributed by atoms with Crippen LogP contribution in [0.25, 0.3) is 0 Å². The molecule has 4 nitrogen and oxygen atoms in total. The lowest BCUT2D eigenvalue weighted by Crippen LogP contribution is -2.46. The molecule has 0 aromatic heterocycles. The summed E-state index contributed by atoms with van der Waals surface area (Å²) in [6.07, 6.45) is 2.18. The summed E-state index contributed by atoms with van der Waals surface area (Å²) in [5, 5.41) is 9.42. The maximum Gasteiger partial charge on any atom is 0.327 e. The molecule has 0 bridgehead atoms. The van der Waals surface area contributed by atoms with E-state index in [0.29, 0.717) is 17.2 Å². The number of thioether (sulfide) groups is 1. The predicted molar refractivity (Wildman–Crippen MR) is 85.4 cm³/mol. The molecule has 1 heterocycles. The van der Waals surface area contributed by atoms with Gasteiger partial charge in [0.25, 0.3) is 5.91 Å². The number of carboxylic acids is 1. The van der Waals surface area contributed by atoms with Crippen molar-refractivity contribution in [3.05, 3.63) is 33.8 Å². The molecule has 2 atom stereocenters. The number of carboxylic acid groups (broad SMARTS) is 1. The quantitative estimate of drug-likeness (QED) is 0.888. The van der Waals surface area contributed by atoms with Crippen LogP contribution in [0.3, 0.4) is 0 Å². The van der Waals surface area contributed by atoms with E-state index in [0.717, 1.165) is 22.9 Å². The molecule has 2 fully saturated rings. The summed E-state index contributed by atoms with van der Waals surface area (Å²) in [5.41, 5.74) is 1.45. The van der Waals surface area contributed by atoms with Gasteiger partial charge in [-0.1, -0.05) is 22.0 Å². The maximum atomic E-state index is 12.9. The van der Waals surface area contributed by atoms with Crippen LogP contribution < -0.4 is 0 Å². The SMILES string of the molecule is Cc1c(Br)cccc1C(=O)N1C(C(=O)O)CSC1C1CC1. The molecule has 1 saturated carbocycles. The second kappa shape index (κ2) is 5.65. The number of benzene rings is 1. The third-order valence-corrected chi connectivity index (χ3v) is 6.40. The zero-order valence-corrected chi connectivity index (χ0v) is 14.0. The minimum atomic E-state index is -0.911. The van der Waals surface area contributed by atoms with Gasteiger partial charge in [0.05, 0.1) is 5.37 Å². The van der Waals surface area contributed by atoms with E-state index in [-0.39, 0.29) is 11.3 Å². The lowest BCUT2D eigenvalue weighted by Gasteiger charge is -2.28. The van der Waals surface area contributed by atoms with Gasteiger partial charge in [-0.15, -0.1) is 11.8 Å². The monoisotopic (exact) mass is 369 g/mol. The fraction of sp³-hybridized carbons (Fsp3) is 0.467. The van der Waals surface area contributed by atoms with Gasteiger partial charge in [-0.05, 0) is 43.4 Å². The maximum absolute atomic E-state index is 12.9. The summed E-state index contributed by atoms with van der Waals surface area (Å²) in [6.45, 7) is 1.88. The number of carbonyl (C=O) groups is 2. The molecule has 112 valence electrons. The molecule has 2 unspecified atom stereocenters. The topological polar surface area (TPSA) is 57.6 Å². The largest absolute Gasteiger partial charge is 0.480 e. The number of aliphatic carboxylic acids is 1. The first-order valence-corrected chi connectivity index (χ1v) is 8.77. The number of nitrogens with zero attached hydrogens (tertiary/aromatic N) is 1. The molecule has 1 N–H and O–H groups in total. The molecule has 1 aliphatic heterocycles. The van der Waals surface area contributed by atoms with Gasteiger partial charge in [-0.25, -0.2) is 4.79 Å². The third-order valence-electron chi connectivity index (χ3n) is 4.08. The molecule has 1 aromatic carbocycles. The molecule has 0 spiro atoms. The number of halogens is 1. The minimum Gasteiger partial charge on any atom is -0.480 e. The van der Waals surface area contributed by atoms with Crippen LogP contribution in [-0.2, 0) is 4.79 Å². The van der Waals surface area contributed by atoms with Crippen molar-refractivity contribution in [2.75, 3.05) is 5.75 Å².